The van der Waals surface area contributed by atoms with Gasteiger partial charge in [-0.05, 0) is 37.5 Å². The predicted octanol–water partition coefficient (Wildman–Crippen LogP) is 3.49. The van der Waals surface area contributed by atoms with Crippen molar-refractivity contribution in [2.75, 3.05) is 13.1 Å². The van der Waals surface area contributed by atoms with Gasteiger partial charge in [-0.15, -0.1) is 0 Å². The fourth-order valence-corrected chi connectivity index (χ4v) is 3.79. The fraction of sp³-hybridized carbons (Fsp3) is 0.611. The molecule has 0 bridgehead atoms. The smallest absolute Gasteiger partial charge is 0.254 e. The summed E-state index contributed by atoms with van der Waals surface area (Å²) in [5.74, 6) is -1.79. The molecule has 23 heavy (non-hydrogen) atoms. The Morgan fingerprint density at radius 1 is 1.09 bits per heavy atom. The van der Waals surface area contributed by atoms with Crippen molar-refractivity contribution >= 4 is 5.91 Å². The summed E-state index contributed by atoms with van der Waals surface area (Å²) in [6.45, 7) is 1.79. The van der Waals surface area contributed by atoms with Crippen molar-refractivity contribution < 1.29 is 13.6 Å². The highest BCUT2D eigenvalue weighted by Crippen LogP contribution is 2.25. The summed E-state index contributed by atoms with van der Waals surface area (Å²) in [5.41, 5.74) is -0.210. The zero-order valence-corrected chi connectivity index (χ0v) is 13.4. The van der Waals surface area contributed by atoms with Crippen molar-refractivity contribution in [3.05, 3.63) is 35.4 Å². The van der Waals surface area contributed by atoms with Gasteiger partial charge in [0.2, 0.25) is 0 Å². The Labute approximate surface area is 136 Å². The molecule has 0 spiro atoms. The molecule has 1 heterocycles. The van der Waals surface area contributed by atoms with Gasteiger partial charge >= 0.3 is 0 Å². The van der Waals surface area contributed by atoms with Gasteiger partial charge in [0.05, 0.1) is 5.56 Å². The van der Waals surface area contributed by atoms with Crippen LogP contribution in [0.5, 0.6) is 0 Å². The number of rotatable bonds is 3. The van der Waals surface area contributed by atoms with Gasteiger partial charge in [0.15, 0.2) is 0 Å². The number of amides is 1. The van der Waals surface area contributed by atoms with Crippen molar-refractivity contribution in [3.8, 4) is 0 Å². The standard InChI is InChI=1S/C18H24F2N2O/c19-13-7-8-17(20)16(11-13)18(23)21-14-9-10-22(12-14)15-5-3-1-2-4-6-15/h7-8,11,14-15H,1-6,9-10,12H2,(H,21,23)/t14-/m1/s1. The lowest BCUT2D eigenvalue weighted by Gasteiger charge is -2.26. The number of hydrogen-bond acceptors (Lipinski definition) is 2. The first-order valence-electron chi connectivity index (χ1n) is 8.63. The minimum Gasteiger partial charge on any atom is -0.348 e. The van der Waals surface area contributed by atoms with E-state index in [4.69, 9.17) is 0 Å². The molecule has 126 valence electrons. The third-order valence-corrected chi connectivity index (χ3v) is 5.07. The topological polar surface area (TPSA) is 32.3 Å². The van der Waals surface area contributed by atoms with E-state index in [-0.39, 0.29) is 11.6 Å². The highest BCUT2D eigenvalue weighted by Gasteiger charge is 2.30. The van der Waals surface area contributed by atoms with E-state index in [2.05, 4.69) is 10.2 Å². The van der Waals surface area contributed by atoms with E-state index in [0.29, 0.717) is 6.04 Å². The summed E-state index contributed by atoms with van der Waals surface area (Å²) < 4.78 is 26.9. The van der Waals surface area contributed by atoms with Crippen LogP contribution < -0.4 is 5.32 Å². The van der Waals surface area contributed by atoms with Crippen LogP contribution in [-0.4, -0.2) is 36.0 Å². The molecule has 1 N–H and O–H groups in total. The molecule has 0 aromatic heterocycles. The summed E-state index contributed by atoms with van der Waals surface area (Å²) >= 11 is 0. The highest BCUT2D eigenvalue weighted by molar-refractivity contribution is 5.94. The first-order chi connectivity index (χ1) is 11.1. The van der Waals surface area contributed by atoms with Crippen molar-refractivity contribution in [2.45, 2.75) is 57.0 Å². The average molecular weight is 322 g/mol. The maximum atomic E-state index is 13.7. The van der Waals surface area contributed by atoms with Gasteiger partial charge in [0.1, 0.15) is 11.6 Å². The first-order valence-corrected chi connectivity index (χ1v) is 8.63. The van der Waals surface area contributed by atoms with Gasteiger partial charge in [-0.2, -0.15) is 0 Å². The third kappa shape index (κ3) is 4.08. The first kappa shape index (κ1) is 16.4. The van der Waals surface area contributed by atoms with E-state index in [1.54, 1.807) is 0 Å². The largest absolute Gasteiger partial charge is 0.348 e. The molecule has 1 aromatic carbocycles. The quantitative estimate of drug-likeness (QED) is 0.864. The lowest BCUT2D eigenvalue weighted by Crippen LogP contribution is -2.40. The number of likely N-dealkylation sites (tertiary alicyclic amines) is 1. The summed E-state index contributed by atoms with van der Waals surface area (Å²) in [4.78, 5) is 14.6. The molecule has 1 aliphatic carbocycles. The van der Waals surface area contributed by atoms with E-state index in [1.165, 1.54) is 38.5 Å². The number of halogens is 2. The number of benzene rings is 1. The molecule has 1 saturated heterocycles. The normalized spacial score (nSPS) is 23.7. The minimum atomic E-state index is -0.678. The number of nitrogens with one attached hydrogen (secondary N) is 1. The molecular weight excluding hydrogens is 298 g/mol. The van der Waals surface area contributed by atoms with Gasteiger partial charge in [0, 0.05) is 25.2 Å². The number of hydrogen-bond donors (Lipinski definition) is 1. The van der Waals surface area contributed by atoms with Crippen LogP contribution in [0.25, 0.3) is 0 Å². The van der Waals surface area contributed by atoms with Crippen LogP contribution in [-0.2, 0) is 0 Å². The molecule has 2 aliphatic rings. The van der Waals surface area contributed by atoms with Crippen LogP contribution in [0.3, 0.4) is 0 Å². The van der Waals surface area contributed by atoms with Crippen LogP contribution in [0.2, 0.25) is 0 Å². The zero-order valence-electron chi connectivity index (χ0n) is 13.4. The number of nitrogens with zero attached hydrogens (tertiary/aromatic N) is 1. The maximum Gasteiger partial charge on any atom is 0.254 e. The van der Waals surface area contributed by atoms with E-state index in [1.807, 2.05) is 0 Å². The van der Waals surface area contributed by atoms with E-state index < -0.39 is 17.5 Å². The molecule has 0 unspecified atom stereocenters. The maximum absolute atomic E-state index is 13.7. The average Bonchev–Trinajstić information content (AvgIpc) is 2.82. The Kier molecular flexibility index (Phi) is 5.26. The Hall–Kier alpha value is -1.49. The van der Waals surface area contributed by atoms with Crippen LogP contribution in [0.1, 0.15) is 55.3 Å². The lowest BCUT2D eigenvalue weighted by atomic mass is 10.1. The van der Waals surface area contributed by atoms with Crippen molar-refractivity contribution in [1.82, 2.24) is 10.2 Å². The number of carbonyl (C=O) groups is 1. The van der Waals surface area contributed by atoms with E-state index in [0.717, 1.165) is 37.7 Å². The molecule has 3 nitrogen and oxygen atoms in total. The Balaban J connectivity index is 1.57. The number of carbonyl (C=O) groups excluding carboxylic acids is 1. The van der Waals surface area contributed by atoms with Gasteiger partial charge in [0.25, 0.3) is 5.91 Å². The Morgan fingerprint density at radius 3 is 2.57 bits per heavy atom. The SMILES string of the molecule is O=C(N[C@@H]1CCN(C2CCCCCC2)C1)c1cc(F)ccc1F. The van der Waals surface area contributed by atoms with Gasteiger partial charge in [-0.25, -0.2) is 8.78 Å². The second kappa shape index (κ2) is 7.39. The summed E-state index contributed by atoms with van der Waals surface area (Å²) in [7, 11) is 0. The Morgan fingerprint density at radius 2 is 1.83 bits per heavy atom. The highest BCUT2D eigenvalue weighted by atomic mass is 19.1. The van der Waals surface area contributed by atoms with Crippen molar-refractivity contribution in [3.63, 3.8) is 0 Å². The molecule has 0 radical (unpaired) electrons. The summed E-state index contributed by atoms with van der Waals surface area (Å²) in [6.07, 6.45) is 8.56. The van der Waals surface area contributed by atoms with Gasteiger partial charge < -0.3 is 5.32 Å². The Bertz CT molecular complexity index is 556. The zero-order chi connectivity index (χ0) is 16.2. The van der Waals surface area contributed by atoms with E-state index >= 15 is 0 Å². The van der Waals surface area contributed by atoms with Crippen LogP contribution in [0, 0.1) is 11.6 Å². The molecule has 5 heteroatoms. The molecule has 1 atom stereocenters. The molecule has 1 amide bonds. The molecule has 1 aliphatic heterocycles. The third-order valence-electron chi connectivity index (χ3n) is 5.07. The van der Waals surface area contributed by atoms with Crippen LogP contribution in [0.4, 0.5) is 8.78 Å². The predicted molar refractivity (Wildman–Crippen MR) is 85.3 cm³/mol. The van der Waals surface area contributed by atoms with Crippen LogP contribution in [0.15, 0.2) is 18.2 Å². The van der Waals surface area contributed by atoms with Gasteiger partial charge in [-0.3, -0.25) is 9.69 Å². The van der Waals surface area contributed by atoms with Gasteiger partial charge in [-0.1, -0.05) is 25.7 Å². The monoisotopic (exact) mass is 322 g/mol. The van der Waals surface area contributed by atoms with E-state index in [9.17, 15) is 13.6 Å². The van der Waals surface area contributed by atoms with Crippen molar-refractivity contribution in [1.29, 1.82) is 0 Å². The van der Waals surface area contributed by atoms with Crippen molar-refractivity contribution in [2.24, 2.45) is 0 Å². The minimum absolute atomic E-state index is 0.0217. The summed E-state index contributed by atoms with van der Waals surface area (Å²) in [6, 6.07) is 3.62. The molecule has 1 saturated carbocycles. The molecule has 1 aromatic rings. The fourth-order valence-electron chi connectivity index (χ4n) is 3.79. The van der Waals surface area contributed by atoms with Crippen LogP contribution >= 0.6 is 0 Å². The second-order valence-corrected chi connectivity index (χ2v) is 6.72. The molecule has 3 rings (SSSR count). The lowest BCUT2D eigenvalue weighted by molar-refractivity contribution is 0.0931. The second-order valence-electron chi connectivity index (χ2n) is 6.72. The molecule has 2 fully saturated rings. The summed E-state index contributed by atoms with van der Waals surface area (Å²) in [5, 5.41) is 2.86. The molecular formula is C18H24F2N2O.